The van der Waals surface area contributed by atoms with Gasteiger partial charge in [-0.3, -0.25) is 14.4 Å². The zero-order valence-electron chi connectivity index (χ0n) is 16.1. The number of carboxylic acids is 1. The molecule has 3 atom stereocenters. The molecule has 0 radical (unpaired) electrons. The Morgan fingerprint density at radius 1 is 1.52 bits per heavy atom. The van der Waals surface area contributed by atoms with E-state index in [1.165, 1.54) is 50.0 Å². The van der Waals surface area contributed by atoms with Gasteiger partial charge in [-0.1, -0.05) is 29.4 Å². The largest absolute Gasteiger partial charge is 0.481 e. The molecule has 2 unspecified atom stereocenters. The van der Waals surface area contributed by atoms with Crippen molar-refractivity contribution in [3.8, 4) is 0 Å². The molecule has 4 heterocycles. The first-order chi connectivity index (χ1) is 14.9. The van der Waals surface area contributed by atoms with Crippen LogP contribution in [-0.2, 0) is 21.4 Å². The molecule has 2 saturated heterocycles. The minimum atomic E-state index is -1.14. The SMILES string of the molecule is Cn1nnnc1SCC1(C(=O)O)CS[C@@H]2C(NC(=O)C(=CCl)c3cccs3)C(=O)N2C1. The number of hydrogen-bond donors (Lipinski definition) is 2. The van der Waals surface area contributed by atoms with Crippen molar-refractivity contribution in [3.05, 3.63) is 27.9 Å². The summed E-state index contributed by atoms with van der Waals surface area (Å²) >= 11 is 9.79. The predicted octanol–water partition coefficient (Wildman–Crippen LogP) is 1.11. The van der Waals surface area contributed by atoms with Gasteiger partial charge >= 0.3 is 5.97 Å². The molecule has 0 aromatic carbocycles. The number of carbonyl (C=O) groups excluding carboxylic acids is 2. The van der Waals surface area contributed by atoms with E-state index >= 15 is 0 Å². The summed E-state index contributed by atoms with van der Waals surface area (Å²) in [6, 6.07) is 2.86. The Balaban J connectivity index is 1.42. The molecule has 14 heteroatoms. The summed E-state index contributed by atoms with van der Waals surface area (Å²) in [5.74, 6) is -1.21. The molecule has 31 heavy (non-hydrogen) atoms. The van der Waals surface area contributed by atoms with Crippen LogP contribution in [0.25, 0.3) is 5.57 Å². The van der Waals surface area contributed by atoms with Gasteiger partial charge < -0.3 is 15.3 Å². The minimum absolute atomic E-state index is 0.0621. The molecule has 0 saturated carbocycles. The lowest BCUT2D eigenvalue weighted by atomic mass is 9.89. The molecule has 2 aromatic heterocycles. The van der Waals surface area contributed by atoms with E-state index in [2.05, 4.69) is 20.8 Å². The van der Waals surface area contributed by atoms with E-state index in [0.717, 1.165) is 0 Å². The van der Waals surface area contributed by atoms with Gasteiger partial charge in [0.1, 0.15) is 16.8 Å². The first kappa shape index (κ1) is 22.1. The number of thioether (sulfide) groups is 2. The second-order valence-electron chi connectivity index (χ2n) is 7.08. The van der Waals surface area contributed by atoms with Crippen LogP contribution in [0.3, 0.4) is 0 Å². The van der Waals surface area contributed by atoms with E-state index in [1.54, 1.807) is 13.1 Å². The number of fused-ring (bicyclic) bond motifs is 1. The predicted molar refractivity (Wildman–Crippen MR) is 118 cm³/mol. The van der Waals surface area contributed by atoms with Crippen LogP contribution in [0, 0.1) is 5.41 Å². The van der Waals surface area contributed by atoms with Gasteiger partial charge in [0.15, 0.2) is 0 Å². The molecule has 10 nitrogen and oxygen atoms in total. The van der Waals surface area contributed by atoms with Crippen LogP contribution in [0.4, 0.5) is 0 Å². The number of nitrogens with one attached hydrogen (secondary N) is 1. The summed E-state index contributed by atoms with van der Waals surface area (Å²) in [5, 5.41) is 25.8. The van der Waals surface area contributed by atoms with E-state index in [0.29, 0.717) is 15.8 Å². The van der Waals surface area contributed by atoms with Gasteiger partial charge in [-0.15, -0.1) is 28.2 Å². The first-order valence-corrected chi connectivity index (χ1v) is 12.4. The Labute approximate surface area is 194 Å². The number of thiophene rings is 1. The van der Waals surface area contributed by atoms with Crippen molar-refractivity contribution in [2.75, 3.05) is 18.1 Å². The van der Waals surface area contributed by atoms with E-state index in [9.17, 15) is 19.5 Å². The number of nitrogens with zero attached hydrogens (tertiary/aromatic N) is 5. The highest BCUT2D eigenvalue weighted by molar-refractivity contribution is 8.00. The van der Waals surface area contributed by atoms with Crippen molar-refractivity contribution < 1.29 is 19.5 Å². The van der Waals surface area contributed by atoms with Crippen molar-refractivity contribution in [2.24, 2.45) is 12.5 Å². The highest BCUT2D eigenvalue weighted by Gasteiger charge is 2.57. The molecule has 164 valence electrons. The Kier molecular flexibility index (Phi) is 6.28. The maximum absolute atomic E-state index is 12.7. The minimum Gasteiger partial charge on any atom is -0.481 e. The van der Waals surface area contributed by atoms with Gasteiger partial charge in [0.25, 0.3) is 5.91 Å². The average Bonchev–Trinajstić information content (AvgIpc) is 3.42. The Bertz CT molecular complexity index is 1040. The van der Waals surface area contributed by atoms with Gasteiger partial charge in [-0.2, -0.15) is 0 Å². The first-order valence-electron chi connectivity index (χ1n) is 9.02. The molecule has 2 aliphatic heterocycles. The number of β-lactam (4-membered cyclic amide) rings is 1. The molecule has 4 rings (SSSR count). The fourth-order valence-corrected chi connectivity index (χ4v) is 7.05. The molecule has 0 aliphatic carbocycles. The van der Waals surface area contributed by atoms with Crippen LogP contribution in [0.5, 0.6) is 0 Å². The van der Waals surface area contributed by atoms with E-state index < -0.39 is 23.3 Å². The Morgan fingerprint density at radius 2 is 2.32 bits per heavy atom. The lowest BCUT2D eigenvalue weighted by Crippen LogP contribution is -2.74. The standard InChI is InChI=1S/C17H17ClN6O4S3/c1-23-16(20-21-22-23)31-8-17(15(27)28)6-24-13(26)11(14(24)30-7-17)19-12(25)9(5-18)10-3-2-4-29-10/h2-5,11,14H,6-8H2,1H3,(H,19,25)(H,27,28)/t11?,14-,17?/m1/s1. The molecular formula is C17H17ClN6O4S3. The number of halogens is 1. The second-order valence-corrected chi connectivity index (χ2v) is 10.3. The van der Waals surface area contributed by atoms with Crippen molar-refractivity contribution in [2.45, 2.75) is 16.6 Å². The van der Waals surface area contributed by atoms with Gasteiger partial charge in [0, 0.05) is 35.5 Å². The third kappa shape index (κ3) is 4.06. The number of carboxylic acid groups (broad SMARTS) is 1. The van der Waals surface area contributed by atoms with Crippen LogP contribution < -0.4 is 5.32 Å². The maximum Gasteiger partial charge on any atom is 0.313 e. The topological polar surface area (TPSA) is 130 Å². The number of aromatic nitrogens is 4. The molecular weight excluding hydrogens is 484 g/mol. The number of carbonyl (C=O) groups is 3. The number of amides is 2. The van der Waals surface area contributed by atoms with Crippen LogP contribution in [0.1, 0.15) is 4.88 Å². The van der Waals surface area contributed by atoms with Crippen LogP contribution in [0.2, 0.25) is 0 Å². The number of aliphatic carboxylic acids is 1. The van der Waals surface area contributed by atoms with E-state index in [1.807, 2.05) is 11.4 Å². The zero-order valence-corrected chi connectivity index (χ0v) is 19.3. The molecule has 2 N–H and O–H groups in total. The normalized spacial score (nSPS) is 25.7. The highest BCUT2D eigenvalue weighted by Crippen LogP contribution is 2.44. The molecule has 2 aliphatic rings. The molecule has 2 aromatic rings. The average molecular weight is 501 g/mol. The van der Waals surface area contributed by atoms with Crippen LogP contribution in [-0.4, -0.2) is 77.5 Å². The molecule has 2 fully saturated rings. The summed E-state index contributed by atoms with van der Waals surface area (Å²) in [6.45, 7) is 0.0621. The monoisotopic (exact) mass is 500 g/mol. The summed E-state index contributed by atoms with van der Waals surface area (Å²) in [5.41, 5.74) is 0.349. The number of tetrazole rings is 1. The molecule has 0 spiro atoms. The fourth-order valence-electron chi connectivity index (χ4n) is 3.32. The van der Waals surface area contributed by atoms with Crippen molar-refractivity contribution in [1.29, 1.82) is 0 Å². The highest BCUT2D eigenvalue weighted by atomic mass is 35.5. The van der Waals surface area contributed by atoms with Gasteiger partial charge in [0.2, 0.25) is 11.1 Å². The Hall–Kier alpha value is -2.09. The second kappa shape index (κ2) is 8.81. The summed E-state index contributed by atoms with van der Waals surface area (Å²) in [7, 11) is 1.67. The summed E-state index contributed by atoms with van der Waals surface area (Å²) in [4.78, 5) is 39.7. The molecule has 2 amide bonds. The van der Waals surface area contributed by atoms with E-state index in [4.69, 9.17) is 11.6 Å². The van der Waals surface area contributed by atoms with Crippen molar-refractivity contribution in [3.63, 3.8) is 0 Å². The van der Waals surface area contributed by atoms with E-state index in [-0.39, 0.29) is 29.2 Å². The molecule has 0 bridgehead atoms. The van der Waals surface area contributed by atoms with Gasteiger partial charge in [-0.05, 0) is 21.9 Å². The third-order valence-electron chi connectivity index (χ3n) is 5.08. The van der Waals surface area contributed by atoms with Gasteiger partial charge in [0.05, 0.1) is 5.57 Å². The number of hydrogen-bond acceptors (Lipinski definition) is 9. The van der Waals surface area contributed by atoms with Crippen LogP contribution in [0.15, 0.2) is 28.2 Å². The Morgan fingerprint density at radius 3 is 2.94 bits per heavy atom. The summed E-state index contributed by atoms with van der Waals surface area (Å²) in [6.07, 6.45) is 0. The van der Waals surface area contributed by atoms with Crippen molar-refractivity contribution >= 4 is 69.8 Å². The number of rotatable bonds is 7. The van der Waals surface area contributed by atoms with Gasteiger partial charge in [-0.25, -0.2) is 4.68 Å². The lowest BCUT2D eigenvalue weighted by Gasteiger charge is -2.53. The smallest absolute Gasteiger partial charge is 0.313 e. The van der Waals surface area contributed by atoms with Crippen LogP contribution >= 0.6 is 46.5 Å². The zero-order chi connectivity index (χ0) is 22.2. The quantitative estimate of drug-likeness (QED) is 0.326. The van der Waals surface area contributed by atoms with Crippen molar-refractivity contribution in [1.82, 2.24) is 30.4 Å². The summed E-state index contributed by atoms with van der Waals surface area (Å²) < 4.78 is 1.47. The lowest BCUT2D eigenvalue weighted by molar-refractivity contribution is -0.157. The maximum atomic E-state index is 12.7. The third-order valence-corrected chi connectivity index (χ3v) is 9.09. The fraction of sp³-hybridized carbons (Fsp3) is 0.412. The number of aryl methyl sites for hydroxylation is 1.